The van der Waals surface area contributed by atoms with Gasteiger partial charge in [-0.15, -0.1) is 0 Å². The maximum Gasteiger partial charge on any atom is 0.416 e. The first-order valence-electron chi connectivity index (χ1n) is 13.0. The molecule has 1 aliphatic rings. The highest BCUT2D eigenvalue weighted by Gasteiger charge is 2.43. The zero-order valence-electron chi connectivity index (χ0n) is 21.9. The number of benzene rings is 4. The molecule has 206 valence electrons. The number of ether oxygens (including phenoxy) is 1. The van der Waals surface area contributed by atoms with Gasteiger partial charge in [0.05, 0.1) is 22.9 Å². The largest absolute Gasteiger partial charge is 0.467 e. The van der Waals surface area contributed by atoms with E-state index in [0.717, 1.165) is 34.0 Å². The Morgan fingerprint density at radius 3 is 2.27 bits per heavy atom. The normalized spacial score (nSPS) is 16.5. The Kier molecular flexibility index (Phi) is 6.95. The molecule has 1 aliphatic heterocycles. The van der Waals surface area contributed by atoms with Crippen LogP contribution < -0.4 is 5.56 Å². The van der Waals surface area contributed by atoms with Crippen molar-refractivity contribution in [3.8, 4) is 11.1 Å². The van der Waals surface area contributed by atoms with Crippen LogP contribution in [0.3, 0.4) is 0 Å². The van der Waals surface area contributed by atoms with Gasteiger partial charge in [-0.05, 0) is 51.6 Å². The molecule has 8 heteroatoms. The molecule has 0 aliphatic carbocycles. The molecule has 41 heavy (non-hydrogen) atoms. The quantitative estimate of drug-likeness (QED) is 0.202. The molecule has 5 aromatic rings. The number of hydrogen-bond acceptors (Lipinski definition) is 4. The number of carbonyl (C=O) groups is 1. The summed E-state index contributed by atoms with van der Waals surface area (Å²) >= 11 is 1.35. The summed E-state index contributed by atoms with van der Waals surface area (Å²) < 4.78 is 46.9. The van der Waals surface area contributed by atoms with E-state index >= 15 is 0 Å². The van der Waals surface area contributed by atoms with Crippen LogP contribution in [-0.2, 0) is 22.1 Å². The molecule has 2 heterocycles. The van der Waals surface area contributed by atoms with Crippen molar-refractivity contribution in [3.63, 3.8) is 0 Å². The summed E-state index contributed by atoms with van der Waals surface area (Å²) in [5.41, 5.74) is 2.52. The molecular weight excluding hydrogens is 547 g/mol. The zero-order chi connectivity index (χ0) is 28.7. The molecule has 0 radical (unpaired) electrons. The third kappa shape index (κ3) is 4.93. The number of alkyl halides is 3. The number of methoxy groups -OCH3 is 1. The Balaban J connectivity index is 1.58. The molecular formula is C33H24F3NO3S. The van der Waals surface area contributed by atoms with Crippen LogP contribution in [0.15, 0.2) is 113 Å². The van der Waals surface area contributed by atoms with E-state index < -0.39 is 29.0 Å². The Labute approximate surface area is 238 Å². The molecule has 0 saturated heterocycles. The van der Waals surface area contributed by atoms with Gasteiger partial charge >= 0.3 is 12.1 Å². The van der Waals surface area contributed by atoms with E-state index in [0.29, 0.717) is 28.1 Å². The zero-order valence-corrected chi connectivity index (χ0v) is 22.7. The molecule has 2 atom stereocenters. The van der Waals surface area contributed by atoms with E-state index in [-0.39, 0.29) is 5.56 Å². The van der Waals surface area contributed by atoms with Crippen molar-refractivity contribution < 1.29 is 22.7 Å². The van der Waals surface area contributed by atoms with Gasteiger partial charge in [0.2, 0.25) is 0 Å². The molecule has 0 bridgehead atoms. The first kappa shape index (κ1) is 26.9. The topological polar surface area (TPSA) is 48.3 Å². The predicted molar refractivity (Wildman–Crippen MR) is 154 cm³/mol. The standard InChI is InChI=1S/C33H24F3NO3S/c1-40-32(39)29-30(22-9-3-2-4-10-22)41-31-28(21-14-16-25(17-15-21)33(34,35)36)24(19-27(38)37(29)31)18-23-12-7-11-20-8-5-6-13-26(20)23/h2-17,19,29-30H,18H2,1H3/t29-,30+/m0/s1. The Morgan fingerprint density at radius 2 is 1.56 bits per heavy atom. The summed E-state index contributed by atoms with van der Waals surface area (Å²) in [6.07, 6.45) is -4.11. The second-order valence-corrected chi connectivity index (χ2v) is 11.0. The van der Waals surface area contributed by atoms with Gasteiger partial charge in [-0.3, -0.25) is 9.36 Å². The predicted octanol–water partition coefficient (Wildman–Crippen LogP) is 7.84. The van der Waals surface area contributed by atoms with Crippen molar-refractivity contribution >= 4 is 28.5 Å². The van der Waals surface area contributed by atoms with Gasteiger partial charge in [-0.25, -0.2) is 4.79 Å². The van der Waals surface area contributed by atoms with E-state index in [1.54, 1.807) is 0 Å². The molecule has 0 saturated carbocycles. The molecule has 1 aromatic heterocycles. The van der Waals surface area contributed by atoms with Gasteiger partial charge < -0.3 is 4.74 Å². The Hall–Kier alpha value is -4.30. The summed E-state index contributed by atoms with van der Waals surface area (Å²) in [6.45, 7) is 0. The monoisotopic (exact) mass is 571 g/mol. The maximum atomic E-state index is 13.8. The van der Waals surface area contributed by atoms with Gasteiger partial charge in [-0.2, -0.15) is 13.2 Å². The number of halogens is 3. The highest BCUT2D eigenvalue weighted by Crippen LogP contribution is 2.53. The number of esters is 1. The number of hydrogen-bond donors (Lipinski definition) is 0. The molecule has 0 N–H and O–H groups in total. The lowest BCUT2D eigenvalue weighted by molar-refractivity contribution is -0.144. The van der Waals surface area contributed by atoms with E-state index in [4.69, 9.17) is 4.74 Å². The van der Waals surface area contributed by atoms with Crippen LogP contribution in [0.4, 0.5) is 13.2 Å². The summed E-state index contributed by atoms with van der Waals surface area (Å²) in [5.74, 6) is -0.563. The number of fused-ring (bicyclic) bond motifs is 2. The minimum absolute atomic E-state index is 0.368. The van der Waals surface area contributed by atoms with Crippen molar-refractivity contribution in [2.75, 3.05) is 7.11 Å². The number of nitrogens with zero attached hydrogens (tertiary/aromatic N) is 1. The second-order valence-electron chi connectivity index (χ2n) is 9.87. The lowest BCUT2D eigenvalue weighted by Gasteiger charge is -2.19. The van der Waals surface area contributed by atoms with Crippen molar-refractivity contribution in [2.45, 2.75) is 28.9 Å². The molecule has 4 aromatic carbocycles. The van der Waals surface area contributed by atoms with Gasteiger partial charge in [-0.1, -0.05) is 96.7 Å². The fraction of sp³-hybridized carbons (Fsp3) is 0.152. The minimum atomic E-state index is -4.48. The van der Waals surface area contributed by atoms with Crippen LogP contribution in [-0.4, -0.2) is 17.6 Å². The molecule has 4 nitrogen and oxygen atoms in total. The lowest BCUT2D eigenvalue weighted by atomic mass is 9.93. The smallest absolute Gasteiger partial charge is 0.416 e. The molecule has 0 unspecified atom stereocenters. The van der Waals surface area contributed by atoms with E-state index in [1.165, 1.54) is 41.6 Å². The number of thioether (sulfide) groups is 1. The first-order chi connectivity index (χ1) is 19.8. The Morgan fingerprint density at radius 1 is 0.878 bits per heavy atom. The van der Waals surface area contributed by atoms with Gasteiger partial charge in [0, 0.05) is 11.6 Å². The summed E-state index contributed by atoms with van der Waals surface area (Å²) in [5, 5.41) is 2.13. The van der Waals surface area contributed by atoms with Crippen LogP contribution >= 0.6 is 11.8 Å². The van der Waals surface area contributed by atoms with Crippen LogP contribution in [0, 0.1) is 0 Å². The summed E-state index contributed by atoms with van der Waals surface area (Å²) in [6, 6.07) is 28.7. The van der Waals surface area contributed by atoms with Crippen molar-refractivity contribution in [1.82, 2.24) is 4.57 Å². The second kappa shape index (κ2) is 10.6. The number of carbonyl (C=O) groups excluding carboxylic acids is 1. The average Bonchev–Trinajstić information content (AvgIpc) is 3.38. The third-order valence-electron chi connectivity index (χ3n) is 7.42. The molecule has 0 fully saturated rings. The van der Waals surface area contributed by atoms with E-state index in [9.17, 15) is 22.8 Å². The van der Waals surface area contributed by atoms with Crippen molar-refractivity contribution in [3.05, 3.63) is 136 Å². The first-order valence-corrected chi connectivity index (χ1v) is 13.9. The highest BCUT2D eigenvalue weighted by atomic mass is 32.2. The fourth-order valence-corrected chi connectivity index (χ4v) is 7.10. The number of rotatable bonds is 5. The number of pyridine rings is 1. The van der Waals surface area contributed by atoms with E-state index in [2.05, 4.69) is 0 Å². The molecule has 0 spiro atoms. The maximum absolute atomic E-state index is 13.8. The Bertz CT molecular complexity index is 1810. The third-order valence-corrected chi connectivity index (χ3v) is 8.83. The lowest BCUT2D eigenvalue weighted by Crippen LogP contribution is -2.31. The molecule has 0 amide bonds. The number of aromatic nitrogens is 1. The minimum Gasteiger partial charge on any atom is -0.467 e. The van der Waals surface area contributed by atoms with Crippen LogP contribution in [0.2, 0.25) is 0 Å². The molecule has 6 rings (SSSR count). The van der Waals surface area contributed by atoms with Gasteiger partial charge in [0.15, 0.2) is 6.04 Å². The highest BCUT2D eigenvalue weighted by molar-refractivity contribution is 7.99. The fourth-order valence-electron chi connectivity index (χ4n) is 5.52. The van der Waals surface area contributed by atoms with Gasteiger partial charge in [0.25, 0.3) is 5.56 Å². The SMILES string of the molecule is COC(=O)[C@@H]1[C@@H](c2ccccc2)Sc2c(-c3ccc(C(F)(F)F)cc3)c(Cc3cccc4ccccc34)cc(=O)n21. The van der Waals surface area contributed by atoms with Crippen LogP contribution in [0.5, 0.6) is 0 Å². The van der Waals surface area contributed by atoms with E-state index in [1.807, 2.05) is 72.8 Å². The van der Waals surface area contributed by atoms with Crippen LogP contribution in [0.1, 0.15) is 33.5 Å². The average molecular weight is 572 g/mol. The van der Waals surface area contributed by atoms with Crippen LogP contribution in [0.25, 0.3) is 21.9 Å². The summed E-state index contributed by atoms with van der Waals surface area (Å²) in [7, 11) is 1.28. The summed E-state index contributed by atoms with van der Waals surface area (Å²) in [4.78, 5) is 26.9. The van der Waals surface area contributed by atoms with Crippen molar-refractivity contribution in [2.24, 2.45) is 0 Å². The van der Waals surface area contributed by atoms with Gasteiger partial charge in [0.1, 0.15) is 0 Å². The van der Waals surface area contributed by atoms with Crippen molar-refractivity contribution in [1.29, 1.82) is 0 Å².